The standard InChI is InChI=1S/C13H18N2O4/c1-8(2)19-12(16)7-15(3)11-5-4-9(14)6-10(11)13(17)18/h4-6,8H,7,14H2,1-3H3,(H,17,18). The molecule has 0 aromatic heterocycles. The number of likely N-dealkylation sites (N-methyl/N-ethyl adjacent to an activating group) is 1. The summed E-state index contributed by atoms with van der Waals surface area (Å²) < 4.78 is 5.01. The third-order valence-corrected chi connectivity index (χ3v) is 2.40. The van der Waals surface area contributed by atoms with Gasteiger partial charge < -0.3 is 20.5 Å². The second-order valence-electron chi connectivity index (χ2n) is 4.48. The number of esters is 1. The number of anilines is 2. The van der Waals surface area contributed by atoms with Gasteiger partial charge in [0.25, 0.3) is 0 Å². The third-order valence-electron chi connectivity index (χ3n) is 2.40. The minimum absolute atomic E-state index is 0.0254. The van der Waals surface area contributed by atoms with E-state index in [9.17, 15) is 9.59 Å². The zero-order chi connectivity index (χ0) is 14.6. The van der Waals surface area contributed by atoms with Gasteiger partial charge in [-0.15, -0.1) is 0 Å². The van der Waals surface area contributed by atoms with E-state index < -0.39 is 11.9 Å². The van der Waals surface area contributed by atoms with Crippen molar-refractivity contribution in [1.82, 2.24) is 0 Å². The molecule has 0 saturated heterocycles. The predicted molar refractivity (Wildman–Crippen MR) is 72.3 cm³/mol. The number of aromatic carboxylic acids is 1. The average molecular weight is 266 g/mol. The summed E-state index contributed by atoms with van der Waals surface area (Å²) in [6, 6.07) is 4.52. The quantitative estimate of drug-likeness (QED) is 0.617. The van der Waals surface area contributed by atoms with Crippen molar-refractivity contribution in [2.45, 2.75) is 20.0 Å². The van der Waals surface area contributed by atoms with E-state index in [2.05, 4.69) is 0 Å². The van der Waals surface area contributed by atoms with Gasteiger partial charge in [-0.3, -0.25) is 4.79 Å². The fourth-order valence-corrected chi connectivity index (χ4v) is 1.64. The molecule has 0 heterocycles. The van der Waals surface area contributed by atoms with E-state index >= 15 is 0 Å². The van der Waals surface area contributed by atoms with E-state index in [1.165, 1.54) is 11.0 Å². The second-order valence-corrected chi connectivity index (χ2v) is 4.48. The summed E-state index contributed by atoms with van der Waals surface area (Å²) >= 11 is 0. The van der Waals surface area contributed by atoms with Gasteiger partial charge >= 0.3 is 11.9 Å². The number of hydrogen-bond acceptors (Lipinski definition) is 5. The van der Waals surface area contributed by atoms with E-state index in [4.69, 9.17) is 15.6 Å². The van der Waals surface area contributed by atoms with Crippen molar-refractivity contribution in [1.29, 1.82) is 0 Å². The van der Waals surface area contributed by atoms with Gasteiger partial charge in [-0.1, -0.05) is 0 Å². The highest BCUT2D eigenvalue weighted by Gasteiger charge is 2.17. The van der Waals surface area contributed by atoms with Crippen molar-refractivity contribution in [3.63, 3.8) is 0 Å². The number of benzene rings is 1. The first-order valence-electron chi connectivity index (χ1n) is 5.84. The summed E-state index contributed by atoms with van der Waals surface area (Å²) in [4.78, 5) is 24.2. The molecule has 0 saturated carbocycles. The highest BCUT2D eigenvalue weighted by atomic mass is 16.5. The highest BCUT2D eigenvalue weighted by Crippen LogP contribution is 2.22. The predicted octanol–water partition coefficient (Wildman–Crippen LogP) is 1.35. The molecule has 0 radical (unpaired) electrons. The zero-order valence-corrected chi connectivity index (χ0v) is 11.2. The van der Waals surface area contributed by atoms with Crippen LogP contribution in [0.2, 0.25) is 0 Å². The van der Waals surface area contributed by atoms with Crippen LogP contribution < -0.4 is 10.6 Å². The van der Waals surface area contributed by atoms with Crippen LogP contribution in [-0.4, -0.2) is 36.7 Å². The molecule has 0 atom stereocenters. The van der Waals surface area contributed by atoms with Crippen LogP contribution in [0.4, 0.5) is 11.4 Å². The van der Waals surface area contributed by atoms with Crippen LogP contribution in [0.15, 0.2) is 18.2 Å². The molecule has 6 heteroatoms. The van der Waals surface area contributed by atoms with Crippen LogP contribution >= 0.6 is 0 Å². The van der Waals surface area contributed by atoms with E-state index in [1.54, 1.807) is 33.0 Å². The molecule has 0 bridgehead atoms. The van der Waals surface area contributed by atoms with Crippen molar-refractivity contribution in [3.8, 4) is 0 Å². The van der Waals surface area contributed by atoms with Crippen molar-refractivity contribution in [2.75, 3.05) is 24.2 Å². The zero-order valence-electron chi connectivity index (χ0n) is 11.2. The smallest absolute Gasteiger partial charge is 0.337 e. The molecule has 0 aliphatic rings. The first-order chi connectivity index (χ1) is 8.81. The van der Waals surface area contributed by atoms with Crippen molar-refractivity contribution in [3.05, 3.63) is 23.8 Å². The van der Waals surface area contributed by atoms with Gasteiger partial charge in [-0.25, -0.2) is 4.79 Å². The van der Waals surface area contributed by atoms with E-state index in [1.807, 2.05) is 0 Å². The molecule has 3 N–H and O–H groups in total. The Balaban J connectivity index is 2.90. The topological polar surface area (TPSA) is 92.9 Å². The Morgan fingerprint density at radius 1 is 1.42 bits per heavy atom. The molecule has 6 nitrogen and oxygen atoms in total. The first kappa shape index (κ1) is 14.8. The summed E-state index contributed by atoms with van der Waals surface area (Å²) in [5.74, 6) is -1.50. The molecule has 1 rings (SSSR count). The van der Waals surface area contributed by atoms with Gasteiger partial charge in [-0.05, 0) is 32.0 Å². The summed E-state index contributed by atoms with van der Waals surface area (Å²) in [7, 11) is 1.62. The number of carboxylic acids is 1. The van der Waals surface area contributed by atoms with Gasteiger partial charge in [0, 0.05) is 12.7 Å². The van der Waals surface area contributed by atoms with Crippen molar-refractivity contribution < 1.29 is 19.4 Å². The number of nitrogens with two attached hydrogens (primary N) is 1. The molecule has 0 unspecified atom stereocenters. The number of nitrogens with zero attached hydrogens (tertiary/aromatic N) is 1. The Bertz CT molecular complexity index is 486. The van der Waals surface area contributed by atoms with E-state index in [0.717, 1.165) is 0 Å². The Hall–Kier alpha value is -2.24. The van der Waals surface area contributed by atoms with Crippen LogP contribution in [0, 0.1) is 0 Å². The average Bonchev–Trinajstić information content (AvgIpc) is 2.27. The van der Waals surface area contributed by atoms with Crippen LogP contribution in [0.1, 0.15) is 24.2 Å². The van der Waals surface area contributed by atoms with E-state index in [0.29, 0.717) is 11.4 Å². The SMILES string of the molecule is CC(C)OC(=O)CN(C)c1ccc(N)cc1C(=O)O. The number of carbonyl (C=O) groups excluding carboxylic acids is 1. The van der Waals surface area contributed by atoms with E-state index in [-0.39, 0.29) is 18.2 Å². The highest BCUT2D eigenvalue weighted by molar-refractivity contribution is 5.96. The molecule has 1 aromatic rings. The number of carbonyl (C=O) groups is 2. The number of nitrogen functional groups attached to an aromatic ring is 1. The molecule has 0 amide bonds. The minimum Gasteiger partial charge on any atom is -0.478 e. The maximum absolute atomic E-state index is 11.5. The van der Waals surface area contributed by atoms with Gasteiger partial charge in [0.05, 0.1) is 17.4 Å². The number of carboxylic acid groups (broad SMARTS) is 1. The lowest BCUT2D eigenvalue weighted by molar-refractivity contribution is -0.145. The first-order valence-corrected chi connectivity index (χ1v) is 5.84. The summed E-state index contributed by atoms with van der Waals surface area (Å²) in [6.45, 7) is 3.48. The lowest BCUT2D eigenvalue weighted by atomic mass is 10.1. The molecule has 0 spiro atoms. The molecule has 19 heavy (non-hydrogen) atoms. The van der Waals surface area contributed by atoms with Gasteiger partial charge in [-0.2, -0.15) is 0 Å². The lowest BCUT2D eigenvalue weighted by Crippen LogP contribution is -2.29. The van der Waals surface area contributed by atoms with Crippen molar-refractivity contribution >= 4 is 23.3 Å². The Morgan fingerprint density at radius 3 is 2.58 bits per heavy atom. The van der Waals surface area contributed by atoms with Gasteiger partial charge in [0.15, 0.2) is 0 Å². The van der Waals surface area contributed by atoms with Gasteiger partial charge in [0.1, 0.15) is 6.54 Å². The van der Waals surface area contributed by atoms with Crippen LogP contribution in [0.25, 0.3) is 0 Å². The summed E-state index contributed by atoms with van der Waals surface area (Å²) in [5, 5.41) is 9.12. The molecule has 104 valence electrons. The number of rotatable bonds is 5. The molecular weight excluding hydrogens is 248 g/mol. The number of hydrogen-bond donors (Lipinski definition) is 2. The number of ether oxygens (including phenoxy) is 1. The van der Waals surface area contributed by atoms with Crippen LogP contribution in [-0.2, 0) is 9.53 Å². The summed E-state index contributed by atoms with van der Waals surface area (Å²) in [5.41, 5.74) is 6.39. The normalized spacial score (nSPS) is 10.3. The fraction of sp³-hybridized carbons (Fsp3) is 0.385. The Kier molecular flexibility index (Phi) is 4.74. The molecule has 1 aromatic carbocycles. The maximum atomic E-state index is 11.5. The third kappa shape index (κ3) is 4.17. The lowest BCUT2D eigenvalue weighted by Gasteiger charge is -2.21. The maximum Gasteiger partial charge on any atom is 0.337 e. The van der Waals surface area contributed by atoms with Crippen molar-refractivity contribution in [2.24, 2.45) is 0 Å². The molecular formula is C13H18N2O4. The molecule has 0 aliphatic heterocycles. The van der Waals surface area contributed by atoms with Crippen LogP contribution in [0.5, 0.6) is 0 Å². The molecule has 0 fully saturated rings. The van der Waals surface area contributed by atoms with Crippen LogP contribution in [0.3, 0.4) is 0 Å². The Labute approximate surface area is 111 Å². The minimum atomic E-state index is -1.09. The second kappa shape index (κ2) is 6.08. The fourth-order valence-electron chi connectivity index (χ4n) is 1.64. The van der Waals surface area contributed by atoms with Gasteiger partial charge in [0.2, 0.25) is 0 Å². The monoisotopic (exact) mass is 266 g/mol. The molecule has 0 aliphatic carbocycles. The largest absolute Gasteiger partial charge is 0.478 e. The Morgan fingerprint density at radius 2 is 2.05 bits per heavy atom. The summed E-state index contributed by atoms with van der Waals surface area (Å²) in [6.07, 6.45) is -0.203.